The third-order valence-electron chi connectivity index (χ3n) is 5.64. The van der Waals surface area contributed by atoms with Crippen LogP contribution in [0, 0.1) is 5.92 Å². The van der Waals surface area contributed by atoms with Crippen LogP contribution in [0.25, 0.3) is 0 Å². The van der Waals surface area contributed by atoms with Gasteiger partial charge in [-0.15, -0.1) is 0 Å². The molecule has 1 aliphatic carbocycles. The average Bonchev–Trinajstić information content (AvgIpc) is 3.21. The summed E-state index contributed by atoms with van der Waals surface area (Å²) < 4.78 is 33.2. The van der Waals surface area contributed by atoms with E-state index in [0.717, 1.165) is 29.8 Å². The Morgan fingerprint density at radius 3 is 2.86 bits per heavy atom. The molecule has 0 radical (unpaired) electrons. The lowest BCUT2D eigenvalue weighted by Gasteiger charge is -2.37. The molecule has 2 aliphatic rings. The molecule has 148 valence electrons. The maximum atomic E-state index is 12.6. The summed E-state index contributed by atoms with van der Waals surface area (Å²) >= 11 is 0. The Bertz CT molecular complexity index is 1000. The number of fused-ring (bicyclic) bond motifs is 3. The lowest BCUT2D eigenvalue weighted by molar-refractivity contribution is 0.406. The average molecular weight is 399 g/mol. The van der Waals surface area contributed by atoms with Crippen molar-refractivity contribution in [2.75, 3.05) is 19.0 Å². The highest BCUT2D eigenvalue weighted by Gasteiger charge is 2.38. The van der Waals surface area contributed by atoms with Crippen LogP contribution in [0.5, 0.6) is 5.75 Å². The Morgan fingerprint density at radius 1 is 1.21 bits per heavy atom. The zero-order valence-corrected chi connectivity index (χ0v) is 17.0. The van der Waals surface area contributed by atoms with E-state index < -0.39 is 10.0 Å². The van der Waals surface area contributed by atoms with Crippen molar-refractivity contribution < 1.29 is 13.2 Å². The second kappa shape index (κ2) is 7.60. The second-order valence-electron chi connectivity index (χ2n) is 7.40. The van der Waals surface area contributed by atoms with Gasteiger partial charge >= 0.3 is 0 Å². The van der Waals surface area contributed by atoms with Crippen molar-refractivity contribution >= 4 is 15.7 Å². The topological polar surface area (TPSA) is 67.4 Å². The monoisotopic (exact) mass is 398 g/mol. The highest BCUT2D eigenvalue weighted by molar-refractivity contribution is 7.89. The van der Waals surface area contributed by atoms with Crippen molar-refractivity contribution in [3.05, 3.63) is 65.7 Å². The first-order chi connectivity index (χ1) is 13.5. The smallest absolute Gasteiger partial charge is 0.240 e. The van der Waals surface area contributed by atoms with Crippen LogP contribution in [0.1, 0.15) is 42.9 Å². The molecule has 0 spiro atoms. The number of benzene rings is 2. The van der Waals surface area contributed by atoms with E-state index in [4.69, 9.17) is 4.74 Å². The fourth-order valence-corrected chi connectivity index (χ4v) is 5.39. The number of sulfonamides is 1. The molecular formula is C22H26N2O3S. The molecule has 2 N–H and O–H groups in total. The predicted octanol–water partition coefficient (Wildman–Crippen LogP) is 4.21. The van der Waals surface area contributed by atoms with E-state index in [1.54, 1.807) is 13.2 Å². The molecule has 3 atom stereocenters. The van der Waals surface area contributed by atoms with E-state index >= 15 is 0 Å². The summed E-state index contributed by atoms with van der Waals surface area (Å²) in [5.74, 6) is 1.39. The van der Waals surface area contributed by atoms with Crippen molar-refractivity contribution in [1.29, 1.82) is 0 Å². The fourth-order valence-electron chi connectivity index (χ4n) is 4.22. The molecule has 0 bridgehead atoms. The lowest BCUT2D eigenvalue weighted by atomic mass is 9.77. The molecule has 6 heteroatoms. The molecule has 4 rings (SSSR count). The first-order valence-corrected chi connectivity index (χ1v) is 11.2. The third-order valence-corrected chi connectivity index (χ3v) is 7.10. The molecule has 0 amide bonds. The van der Waals surface area contributed by atoms with Gasteiger partial charge in [-0.25, -0.2) is 13.1 Å². The Labute approximate surface area is 166 Å². The summed E-state index contributed by atoms with van der Waals surface area (Å²) in [4.78, 5) is 0.334. The first-order valence-electron chi connectivity index (χ1n) is 9.74. The van der Waals surface area contributed by atoms with Gasteiger partial charge in [0.05, 0.1) is 18.0 Å². The normalized spacial score (nSPS) is 23.0. The number of ether oxygens (including phenoxy) is 1. The van der Waals surface area contributed by atoms with Crippen molar-refractivity contribution in [2.45, 2.75) is 36.6 Å². The van der Waals surface area contributed by atoms with E-state index in [2.05, 4.69) is 34.3 Å². The van der Waals surface area contributed by atoms with Crippen LogP contribution in [0.3, 0.4) is 0 Å². The largest absolute Gasteiger partial charge is 0.497 e. The van der Waals surface area contributed by atoms with Gasteiger partial charge in [0.15, 0.2) is 0 Å². The van der Waals surface area contributed by atoms with Crippen LogP contribution >= 0.6 is 0 Å². The highest BCUT2D eigenvalue weighted by atomic mass is 32.2. The summed E-state index contributed by atoms with van der Waals surface area (Å²) in [6.07, 6.45) is 6.15. The number of nitrogens with one attached hydrogen (secondary N) is 2. The van der Waals surface area contributed by atoms with Crippen LogP contribution in [0.15, 0.2) is 59.5 Å². The number of methoxy groups -OCH3 is 1. The number of hydrogen-bond acceptors (Lipinski definition) is 4. The third kappa shape index (κ3) is 3.42. The molecule has 5 nitrogen and oxygen atoms in total. The van der Waals surface area contributed by atoms with Crippen LogP contribution in [0.2, 0.25) is 0 Å². The van der Waals surface area contributed by atoms with E-state index in [1.807, 2.05) is 31.2 Å². The number of anilines is 1. The zero-order valence-electron chi connectivity index (χ0n) is 16.2. The summed E-state index contributed by atoms with van der Waals surface area (Å²) in [5.41, 5.74) is 3.23. The van der Waals surface area contributed by atoms with Gasteiger partial charge in [0, 0.05) is 18.2 Å². The Morgan fingerprint density at radius 2 is 2.07 bits per heavy atom. The van der Waals surface area contributed by atoms with Gasteiger partial charge in [-0.3, -0.25) is 0 Å². The maximum Gasteiger partial charge on any atom is 0.240 e. The standard InChI is InChI=1S/C22H26N2O3S/c1-3-12-23-28(25,26)17-10-11-21-20(14-17)18-8-5-9-19(18)22(24-21)15-6-4-7-16(13-15)27-2/h4-8,10-11,13-14,18-19,22-24H,3,9,12H2,1-2H3. The second-order valence-corrected chi connectivity index (χ2v) is 9.17. The first kappa shape index (κ1) is 19.0. The van der Waals surface area contributed by atoms with Crippen molar-refractivity contribution in [3.8, 4) is 5.75 Å². The summed E-state index contributed by atoms with van der Waals surface area (Å²) in [7, 11) is -1.80. The van der Waals surface area contributed by atoms with Crippen LogP contribution in [0.4, 0.5) is 5.69 Å². The van der Waals surface area contributed by atoms with E-state index in [1.165, 1.54) is 5.56 Å². The van der Waals surface area contributed by atoms with E-state index in [9.17, 15) is 8.42 Å². The minimum Gasteiger partial charge on any atom is -0.497 e. The Hall–Kier alpha value is -2.31. The van der Waals surface area contributed by atoms with Gasteiger partial charge in [0.2, 0.25) is 10.0 Å². The van der Waals surface area contributed by atoms with Gasteiger partial charge in [0.25, 0.3) is 0 Å². The van der Waals surface area contributed by atoms with Crippen molar-refractivity contribution in [2.24, 2.45) is 5.92 Å². The van der Waals surface area contributed by atoms with Gasteiger partial charge < -0.3 is 10.1 Å². The molecule has 0 aromatic heterocycles. The van der Waals surface area contributed by atoms with Gasteiger partial charge in [-0.05, 0) is 60.2 Å². The summed E-state index contributed by atoms with van der Waals surface area (Å²) in [6.45, 7) is 2.40. The molecule has 2 aromatic rings. The predicted molar refractivity (Wildman–Crippen MR) is 111 cm³/mol. The van der Waals surface area contributed by atoms with Gasteiger partial charge in [-0.2, -0.15) is 0 Å². The number of allylic oxidation sites excluding steroid dienone is 2. The number of rotatable bonds is 6. The van der Waals surface area contributed by atoms with E-state index in [-0.39, 0.29) is 12.0 Å². The maximum absolute atomic E-state index is 12.6. The zero-order chi connectivity index (χ0) is 19.7. The molecule has 3 unspecified atom stereocenters. The number of hydrogen-bond donors (Lipinski definition) is 2. The van der Waals surface area contributed by atoms with Crippen LogP contribution < -0.4 is 14.8 Å². The SMILES string of the molecule is CCCNS(=O)(=O)c1ccc2c(c1)C1C=CCC1C(c1cccc(OC)c1)N2. The Balaban J connectivity index is 1.71. The van der Waals surface area contributed by atoms with Gasteiger partial charge in [-0.1, -0.05) is 31.2 Å². The molecule has 1 aliphatic heterocycles. The summed E-state index contributed by atoms with van der Waals surface area (Å²) in [5, 5.41) is 3.65. The molecule has 28 heavy (non-hydrogen) atoms. The molecule has 0 fully saturated rings. The van der Waals surface area contributed by atoms with Crippen LogP contribution in [-0.4, -0.2) is 22.1 Å². The fraction of sp³-hybridized carbons (Fsp3) is 0.364. The minimum absolute atomic E-state index is 0.156. The van der Waals surface area contributed by atoms with Crippen molar-refractivity contribution in [1.82, 2.24) is 4.72 Å². The quantitative estimate of drug-likeness (QED) is 0.716. The molecule has 2 aromatic carbocycles. The molecule has 0 saturated carbocycles. The van der Waals surface area contributed by atoms with Crippen LogP contribution in [-0.2, 0) is 10.0 Å². The summed E-state index contributed by atoms with van der Waals surface area (Å²) in [6, 6.07) is 13.7. The molecular weight excluding hydrogens is 372 g/mol. The van der Waals surface area contributed by atoms with Crippen molar-refractivity contribution in [3.63, 3.8) is 0 Å². The van der Waals surface area contributed by atoms with Gasteiger partial charge in [0.1, 0.15) is 5.75 Å². The molecule has 1 heterocycles. The van der Waals surface area contributed by atoms with E-state index in [0.29, 0.717) is 17.4 Å². The Kier molecular flexibility index (Phi) is 5.17. The molecule has 0 saturated heterocycles. The highest BCUT2D eigenvalue weighted by Crippen LogP contribution is 2.50. The lowest BCUT2D eigenvalue weighted by Crippen LogP contribution is -2.30. The minimum atomic E-state index is -3.48.